The van der Waals surface area contributed by atoms with Crippen LogP contribution in [-0.2, 0) is 20.0 Å². The minimum absolute atomic E-state index is 0.0697. The van der Waals surface area contributed by atoms with E-state index in [-0.39, 0.29) is 28.7 Å². The lowest BCUT2D eigenvalue weighted by molar-refractivity contribution is 0.585. The van der Waals surface area contributed by atoms with Crippen molar-refractivity contribution < 1.29 is 16.8 Å². The number of hydrogen-bond acceptors (Lipinski definition) is 8. The van der Waals surface area contributed by atoms with Gasteiger partial charge in [-0.15, -0.1) is 10.2 Å². The van der Waals surface area contributed by atoms with Gasteiger partial charge >= 0.3 is 0 Å². The normalized spacial score (nSPS) is 12.5. The highest BCUT2D eigenvalue weighted by Crippen LogP contribution is 2.30. The fraction of sp³-hybridized carbons (Fsp3) is 0.385. The quantitative estimate of drug-likeness (QED) is 0.294. The predicted molar refractivity (Wildman–Crippen MR) is 153 cm³/mol. The van der Waals surface area contributed by atoms with Crippen molar-refractivity contribution in [2.75, 3.05) is 15.2 Å². The first-order valence-corrected chi connectivity index (χ1v) is 15.9. The maximum atomic E-state index is 13.9. The Morgan fingerprint density at radius 2 is 1.49 bits per heavy atom. The van der Waals surface area contributed by atoms with Crippen molar-refractivity contribution in [2.24, 2.45) is 0 Å². The summed E-state index contributed by atoms with van der Waals surface area (Å²) in [6.45, 7) is 10.6. The van der Waals surface area contributed by atoms with Gasteiger partial charge in [-0.1, -0.05) is 6.07 Å². The smallest absolute Gasteiger partial charge is 0.247 e. The molecule has 0 unspecified atom stereocenters. The Bertz CT molecular complexity index is 1770. The Morgan fingerprint density at radius 1 is 0.872 bits per heavy atom. The van der Waals surface area contributed by atoms with E-state index in [0.717, 1.165) is 0 Å². The molecule has 0 aliphatic heterocycles. The summed E-state index contributed by atoms with van der Waals surface area (Å²) in [4.78, 5) is 18.6. The Balaban J connectivity index is 2.00. The monoisotopic (exact) mass is 572 g/mol. The SMILES string of the molecule is CCS(=O)(=O)N(c1ccc2c(c1)c(=O)c(-c1cccc(-c3nncn3C(C)C)n1)cn2C(C)C)S(=O)(=O)CC. The summed E-state index contributed by atoms with van der Waals surface area (Å²) in [5.41, 5.74) is 1.26. The molecule has 0 aliphatic rings. The first kappa shape index (κ1) is 28.4. The summed E-state index contributed by atoms with van der Waals surface area (Å²) in [6, 6.07) is 9.63. The summed E-state index contributed by atoms with van der Waals surface area (Å²) in [6.07, 6.45) is 3.34. The molecule has 0 aliphatic carbocycles. The van der Waals surface area contributed by atoms with E-state index < -0.39 is 37.0 Å². The number of rotatable bonds is 9. The van der Waals surface area contributed by atoms with E-state index in [0.29, 0.717) is 26.4 Å². The van der Waals surface area contributed by atoms with E-state index in [2.05, 4.69) is 10.2 Å². The van der Waals surface area contributed by atoms with Gasteiger partial charge in [-0.3, -0.25) is 4.79 Å². The van der Waals surface area contributed by atoms with Gasteiger partial charge in [0.05, 0.1) is 34.0 Å². The van der Waals surface area contributed by atoms with Crippen LogP contribution in [0, 0.1) is 0 Å². The summed E-state index contributed by atoms with van der Waals surface area (Å²) in [5, 5.41) is 8.38. The zero-order chi connectivity index (χ0) is 28.7. The van der Waals surface area contributed by atoms with Crippen molar-refractivity contribution in [3.8, 4) is 22.8 Å². The Labute approximate surface area is 228 Å². The van der Waals surface area contributed by atoms with Crippen molar-refractivity contribution in [2.45, 2.75) is 53.6 Å². The van der Waals surface area contributed by atoms with Crippen LogP contribution in [0.3, 0.4) is 0 Å². The third kappa shape index (κ3) is 5.20. The number of benzene rings is 1. The van der Waals surface area contributed by atoms with E-state index in [9.17, 15) is 21.6 Å². The van der Waals surface area contributed by atoms with E-state index >= 15 is 0 Å². The number of pyridine rings is 2. The molecule has 4 aromatic rings. The highest BCUT2D eigenvalue weighted by Gasteiger charge is 2.32. The predicted octanol–water partition coefficient (Wildman–Crippen LogP) is 3.99. The van der Waals surface area contributed by atoms with Gasteiger partial charge in [-0.05, 0) is 71.9 Å². The van der Waals surface area contributed by atoms with E-state index in [1.807, 2.05) is 36.8 Å². The Hall–Kier alpha value is -3.58. The molecule has 0 amide bonds. The van der Waals surface area contributed by atoms with Crippen LogP contribution in [0.4, 0.5) is 5.69 Å². The molecular formula is C26H32N6O5S2. The summed E-state index contributed by atoms with van der Waals surface area (Å²) in [5.74, 6) is -0.277. The van der Waals surface area contributed by atoms with Gasteiger partial charge in [0.25, 0.3) is 0 Å². The zero-order valence-electron chi connectivity index (χ0n) is 22.7. The van der Waals surface area contributed by atoms with E-state index in [4.69, 9.17) is 4.98 Å². The van der Waals surface area contributed by atoms with Crippen LogP contribution in [-0.4, -0.2) is 52.7 Å². The van der Waals surface area contributed by atoms with Gasteiger partial charge in [0.1, 0.15) is 12.0 Å². The molecule has 3 heterocycles. The number of aromatic nitrogens is 5. The molecule has 0 spiro atoms. The van der Waals surface area contributed by atoms with Crippen molar-refractivity contribution in [3.05, 3.63) is 59.1 Å². The van der Waals surface area contributed by atoms with Gasteiger partial charge in [-0.2, -0.15) is 3.71 Å². The number of hydrogen-bond donors (Lipinski definition) is 0. The van der Waals surface area contributed by atoms with Crippen molar-refractivity contribution in [1.29, 1.82) is 0 Å². The summed E-state index contributed by atoms with van der Waals surface area (Å²) in [7, 11) is -8.37. The topological polar surface area (TPSA) is 137 Å². The van der Waals surface area contributed by atoms with Crippen LogP contribution in [0.25, 0.3) is 33.7 Å². The molecule has 3 aromatic heterocycles. The molecule has 39 heavy (non-hydrogen) atoms. The molecule has 0 N–H and O–H groups in total. The molecule has 208 valence electrons. The van der Waals surface area contributed by atoms with Gasteiger partial charge in [0, 0.05) is 23.7 Å². The number of anilines is 1. The lowest BCUT2D eigenvalue weighted by Gasteiger charge is -2.24. The lowest BCUT2D eigenvalue weighted by Crippen LogP contribution is -2.39. The first-order valence-electron chi connectivity index (χ1n) is 12.6. The second kappa shape index (κ2) is 10.5. The van der Waals surface area contributed by atoms with Crippen molar-refractivity contribution >= 4 is 36.6 Å². The number of fused-ring (bicyclic) bond motifs is 1. The van der Waals surface area contributed by atoms with E-state index in [1.54, 1.807) is 36.8 Å². The van der Waals surface area contributed by atoms with Gasteiger partial charge in [-0.25, -0.2) is 21.8 Å². The highest BCUT2D eigenvalue weighted by atomic mass is 32.3. The number of nitrogens with zero attached hydrogens (tertiary/aromatic N) is 6. The maximum absolute atomic E-state index is 13.9. The standard InChI is InChI=1S/C26H32N6O5S2/c1-7-38(34,35)32(39(36,37)8-2)19-12-13-24-20(14-19)25(33)21(15-30(24)17(3)4)22-10-9-11-23(28-22)26-29-27-16-31(26)18(5)6/h9-18H,7-8H2,1-6H3. The van der Waals surface area contributed by atoms with Gasteiger partial charge in [0.15, 0.2) is 11.3 Å². The minimum Gasteiger partial charge on any atom is -0.344 e. The molecule has 4 rings (SSSR count). The molecule has 0 saturated carbocycles. The number of sulfonamides is 2. The summed E-state index contributed by atoms with van der Waals surface area (Å²) >= 11 is 0. The maximum Gasteiger partial charge on any atom is 0.247 e. The average Bonchev–Trinajstić information content (AvgIpc) is 3.39. The van der Waals surface area contributed by atoms with E-state index in [1.165, 1.54) is 26.0 Å². The first-order chi connectivity index (χ1) is 18.3. The molecule has 0 bridgehead atoms. The molecule has 0 atom stereocenters. The second-order valence-electron chi connectivity index (χ2n) is 9.64. The Morgan fingerprint density at radius 3 is 2.08 bits per heavy atom. The molecule has 13 heteroatoms. The molecule has 0 fully saturated rings. The fourth-order valence-electron chi connectivity index (χ4n) is 4.31. The fourth-order valence-corrected chi connectivity index (χ4v) is 7.66. The van der Waals surface area contributed by atoms with Crippen LogP contribution in [0.1, 0.15) is 53.6 Å². The molecular weight excluding hydrogens is 540 g/mol. The van der Waals surface area contributed by atoms with Crippen LogP contribution < -0.4 is 9.14 Å². The minimum atomic E-state index is -4.19. The van der Waals surface area contributed by atoms with Crippen LogP contribution >= 0.6 is 0 Å². The van der Waals surface area contributed by atoms with Crippen LogP contribution in [0.5, 0.6) is 0 Å². The van der Waals surface area contributed by atoms with Crippen LogP contribution in [0.2, 0.25) is 0 Å². The zero-order valence-corrected chi connectivity index (χ0v) is 24.4. The van der Waals surface area contributed by atoms with Crippen molar-refractivity contribution in [1.82, 2.24) is 24.3 Å². The third-order valence-corrected chi connectivity index (χ3v) is 10.7. The van der Waals surface area contributed by atoms with Gasteiger partial charge in [0.2, 0.25) is 20.0 Å². The summed E-state index contributed by atoms with van der Waals surface area (Å²) < 4.78 is 55.6. The molecule has 0 radical (unpaired) electrons. The largest absolute Gasteiger partial charge is 0.344 e. The van der Waals surface area contributed by atoms with Crippen molar-refractivity contribution in [3.63, 3.8) is 0 Å². The Kier molecular flexibility index (Phi) is 7.68. The van der Waals surface area contributed by atoms with Gasteiger partial charge < -0.3 is 9.13 Å². The third-order valence-electron chi connectivity index (χ3n) is 6.40. The second-order valence-corrected chi connectivity index (χ2v) is 14.1. The molecule has 0 saturated heterocycles. The highest BCUT2D eigenvalue weighted by molar-refractivity contribution is 8.10. The van der Waals surface area contributed by atoms with Crippen LogP contribution in [0.15, 0.2) is 53.7 Å². The lowest BCUT2D eigenvalue weighted by atomic mass is 10.1. The average molecular weight is 573 g/mol. The molecule has 1 aromatic carbocycles. The molecule has 11 nitrogen and oxygen atoms in total.